The van der Waals surface area contributed by atoms with Gasteiger partial charge in [-0.1, -0.05) is 6.42 Å². The molecule has 3 heterocycles. The number of likely N-dealkylation sites (tertiary alicyclic amines) is 1. The van der Waals surface area contributed by atoms with Gasteiger partial charge < -0.3 is 14.8 Å². The molecule has 1 N–H and O–H groups in total. The van der Waals surface area contributed by atoms with Crippen LogP contribution in [0.5, 0.6) is 0 Å². The highest BCUT2D eigenvalue weighted by atomic mass is 19.1. The minimum Gasteiger partial charge on any atom is -0.328 e. The highest BCUT2D eigenvalue weighted by Crippen LogP contribution is 2.34. The van der Waals surface area contributed by atoms with E-state index in [1.54, 1.807) is 4.90 Å². The fraction of sp³-hybridized carbons (Fsp3) is 0.500. The predicted octanol–water partition coefficient (Wildman–Crippen LogP) is 3.08. The first kappa shape index (κ1) is 18.6. The van der Waals surface area contributed by atoms with E-state index >= 15 is 0 Å². The molecule has 0 aliphatic carbocycles. The Hall–Kier alpha value is -2.77. The molecule has 1 saturated heterocycles. The van der Waals surface area contributed by atoms with Gasteiger partial charge in [-0.05, 0) is 43.9 Å². The first-order valence-corrected chi connectivity index (χ1v) is 9.84. The van der Waals surface area contributed by atoms with Crippen LogP contribution in [-0.2, 0) is 17.8 Å². The Morgan fingerprint density at radius 2 is 2.00 bits per heavy atom. The average Bonchev–Trinajstić information content (AvgIpc) is 3.23. The number of nitrogens with zero attached hydrogens (tertiary/aromatic N) is 4. The van der Waals surface area contributed by atoms with Gasteiger partial charge in [0.25, 0.3) is 5.91 Å². The molecule has 1 fully saturated rings. The molecule has 8 heteroatoms. The monoisotopic (exact) mass is 385 g/mol. The number of amides is 2. The van der Waals surface area contributed by atoms with Crippen molar-refractivity contribution in [2.45, 2.75) is 58.0 Å². The van der Waals surface area contributed by atoms with Crippen molar-refractivity contribution in [3.63, 3.8) is 0 Å². The highest BCUT2D eigenvalue weighted by molar-refractivity contribution is 5.97. The van der Waals surface area contributed by atoms with Crippen LogP contribution in [0.25, 0.3) is 0 Å². The number of hydrogen-bond acceptors (Lipinski definition) is 4. The van der Waals surface area contributed by atoms with E-state index in [0.29, 0.717) is 12.2 Å². The number of hydrogen-bond donors (Lipinski definition) is 1. The first-order valence-electron chi connectivity index (χ1n) is 9.84. The summed E-state index contributed by atoms with van der Waals surface area (Å²) < 4.78 is 16.6. The van der Waals surface area contributed by atoms with Gasteiger partial charge in [-0.2, -0.15) is 0 Å². The van der Waals surface area contributed by atoms with Gasteiger partial charge >= 0.3 is 0 Å². The van der Waals surface area contributed by atoms with Crippen LogP contribution in [0.2, 0.25) is 0 Å². The molecule has 148 valence electrons. The van der Waals surface area contributed by atoms with E-state index < -0.39 is 5.82 Å². The van der Waals surface area contributed by atoms with Gasteiger partial charge in [-0.25, -0.2) is 4.39 Å². The van der Waals surface area contributed by atoms with Gasteiger partial charge in [-0.3, -0.25) is 9.59 Å². The fourth-order valence-corrected chi connectivity index (χ4v) is 4.16. The Kier molecular flexibility index (Phi) is 5.11. The van der Waals surface area contributed by atoms with E-state index in [4.69, 9.17) is 0 Å². The van der Waals surface area contributed by atoms with E-state index in [9.17, 15) is 14.0 Å². The van der Waals surface area contributed by atoms with E-state index in [0.717, 1.165) is 56.7 Å². The van der Waals surface area contributed by atoms with Crippen molar-refractivity contribution in [2.24, 2.45) is 0 Å². The smallest absolute Gasteiger partial charge is 0.257 e. The number of fused-ring (bicyclic) bond motifs is 1. The molecule has 0 radical (unpaired) electrons. The van der Waals surface area contributed by atoms with Gasteiger partial charge in [0, 0.05) is 32.1 Å². The molecule has 2 aromatic rings. The summed E-state index contributed by atoms with van der Waals surface area (Å²) in [6.45, 7) is 2.79. The van der Waals surface area contributed by atoms with Crippen LogP contribution in [0.4, 0.5) is 10.1 Å². The minimum absolute atomic E-state index is 0.0336. The summed E-state index contributed by atoms with van der Waals surface area (Å²) in [5.41, 5.74) is 0.373. The third-order valence-corrected chi connectivity index (χ3v) is 5.47. The second-order valence-corrected chi connectivity index (χ2v) is 7.47. The van der Waals surface area contributed by atoms with Crippen molar-refractivity contribution < 1.29 is 14.0 Å². The van der Waals surface area contributed by atoms with Crippen LogP contribution < -0.4 is 5.32 Å². The number of anilines is 1. The molecule has 4 rings (SSSR count). The molecule has 28 heavy (non-hydrogen) atoms. The first-order chi connectivity index (χ1) is 13.5. The van der Waals surface area contributed by atoms with Crippen LogP contribution in [-0.4, -0.2) is 38.0 Å². The molecule has 0 spiro atoms. The summed E-state index contributed by atoms with van der Waals surface area (Å²) in [5.74, 6) is 0.546. The average molecular weight is 385 g/mol. The molecular weight excluding hydrogens is 361 g/mol. The number of aryl methyl sites for hydroxylation is 1. The third kappa shape index (κ3) is 3.50. The van der Waals surface area contributed by atoms with Crippen molar-refractivity contribution in [3.05, 3.63) is 41.2 Å². The van der Waals surface area contributed by atoms with Crippen molar-refractivity contribution in [3.8, 4) is 0 Å². The second kappa shape index (κ2) is 7.69. The lowest BCUT2D eigenvalue weighted by molar-refractivity contribution is -0.114. The topological polar surface area (TPSA) is 80.1 Å². The Morgan fingerprint density at radius 1 is 1.14 bits per heavy atom. The number of halogens is 1. The molecule has 1 atom stereocenters. The number of rotatable bonds is 3. The van der Waals surface area contributed by atoms with E-state index in [2.05, 4.69) is 20.1 Å². The molecule has 7 nitrogen and oxygen atoms in total. The predicted molar refractivity (Wildman–Crippen MR) is 101 cm³/mol. The Labute approximate surface area is 162 Å². The second-order valence-electron chi connectivity index (χ2n) is 7.47. The van der Waals surface area contributed by atoms with Crippen LogP contribution in [0.15, 0.2) is 18.2 Å². The van der Waals surface area contributed by atoms with Crippen LogP contribution in [0.3, 0.4) is 0 Å². The number of carbonyl (C=O) groups is 2. The highest BCUT2D eigenvalue weighted by Gasteiger charge is 2.35. The number of benzene rings is 1. The van der Waals surface area contributed by atoms with E-state index in [-0.39, 0.29) is 23.4 Å². The largest absolute Gasteiger partial charge is 0.328 e. The molecular formula is C20H24FN5O2. The molecule has 0 bridgehead atoms. The molecule has 2 aliphatic rings. The summed E-state index contributed by atoms with van der Waals surface area (Å²) in [7, 11) is 0. The number of aromatic nitrogens is 3. The number of nitrogens with one attached hydrogen (secondary N) is 1. The zero-order valence-electron chi connectivity index (χ0n) is 15.9. The van der Waals surface area contributed by atoms with Crippen molar-refractivity contribution >= 4 is 17.5 Å². The van der Waals surface area contributed by atoms with Gasteiger partial charge in [0.1, 0.15) is 11.6 Å². The Balaban J connectivity index is 1.63. The number of carbonyl (C=O) groups excluding carboxylic acids is 2. The third-order valence-electron chi connectivity index (χ3n) is 5.47. The SMILES string of the molecule is CC(=O)Nc1ccc(F)c(C(=O)N2CCCC2c2nnc3n2CCCCC3)c1. The van der Waals surface area contributed by atoms with Crippen molar-refractivity contribution in [2.75, 3.05) is 11.9 Å². The van der Waals surface area contributed by atoms with Crippen molar-refractivity contribution in [1.29, 1.82) is 0 Å². The quantitative estimate of drug-likeness (QED) is 0.881. The molecule has 1 aromatic heterocycles. The molecule has 2 amide bonds. The lowest BCUT2D eigenvalue weighted by atomic mass is 10.1. The van der Waals surface area contributed by atoms with Gasteiger partial charge in [0.15, 0.2) is 5.82 Å². The zero-order valence-corrected chi connectivity index (χ0v) is 15.9. The summed E-state index contributed by atoms with van der Waals surface area (Å²) in [6, 6.07) is 3.87. The van der Waals surface area contributed by atoms with Crippen LogP contribution >= 0.6 is 0 Å². The maximum Gasteiger partial charge on any atom is 0.257 e. The molecule has 2 aliphatic heterocycles. The minimum atomic E-state index is -0.593. The van der Waals surface area contributed by atoms with E-state index in [1.165, 1.54) is 25.1 Å². The summed E-state index contributed by atoms with van der Waals surface area (Å²) in [5, 5.41) is 11.3. The van der Waals surface area contributed by atoms with Gasteiger partial charge in [0.05, 0.1) is 11.6 Å². The fourth-order valence-electron chi connectivity index (χ4n) is 4.16. The zero-order chi connectivity index (χ0) is 19.7. The van der Waals surface area contributed by atoms with Gasteiger partial charge in [0.2, 0.25) is 5.91 Å². The summed E-state index contributed by atoms with van der Waals surface area (Å²) in [6.07, 6.45) is 5.87. The van der Waals surface area contributed by atoms with Crippen LogP contribution in [0.1, 0.15) is 67.1 Å². The molecule has 1 aromatic carbocycles. The Morgan fingerprint density at radius 3 is 2.82 bits per heavy atom. The maximum absolute atomic E-state index is 14.4. The summed E-state index contributed by atoms with van der Waals surface area (Å²) in [4.78, 5) is 26.1. The van der Waals surface area contributed by atoms with Gasteiger partial charge in [-0.15, -0.1) is 10.2 Å². The molecule has 1 unspecified atom stereocenters. The van der Waals surface area contributed by atoms with Crippen molar-refractivity contribution in [1.82, 2.24) is 19.7 Å². The normalized spacial score (nSPS) is 19.2. The standard InChI is InChI=1S/C20H24FN5O2/c1-13(27)22-14-8-9-16(21)15(12-14)20(28)25-11-5-6-17(25)19-24-23-18-7-3-2-4-10-26(18)19/h8-9,12,17H,2-7,10-11H2,1H3,(H,22,27). The maximum atomic E-state index is 14.4. The van der Waals surface area contributed by atoms with E-state index in [1.807, 2.05) is 0 Å². The lowest BCUT2D eigenvalue weighted by Gasteiger charge is -2.25. The summed E-state index contributed by atoms with van der Waals surface area (Å²) >= 11 is 0. The molecule has 0 saturated carbocycles. The Bertz CT molecular complexity index is 910. The van der Waals surface area contributed by atoms with Crippen LogP contribution in [0, 0.1) is 5.82 Å². The lowest BCUT2D eigenvalue weighted by Crippen LogP contribution is -2.33.